The van der Waals surface area contributed by atoms with Crippen LogP contribution in [-0.2, 0) is 0 Å². The van der Waals surface area contributed by atoms with E-state index in [0.717, 1.165) is 34.4 Å². The number of hydrogen-bond acceptors (Lipinski definition) is 3. The second-order valence-electron chi connectivity index (χ2n) is 5.98. The van der Waals surface area contributed by atoms with Gasteiger partial charge < -0.3 is 14.6 Å². The maximum absolute atomic E-state index is 6.22. The zero-order valence-electron chi connectivity index (χ0n) is 13.9. The fourth-order valence-electron chi connectivity index (χ4n) is 3.32. The second-order valence-corrected chi connectivity index (χ2v) is 6.37. The van der Waals surface area contributed by atoms with Gasteiger partial charge in [0.15, 0.2) is 5.11 Å². The summed E-state index contributed by atoms with van der Waals surface area (Å²) in [5.74, 6) is 1.76. The maximum Gasteiger partial charge on any atom is 0.170 e. The molecule has 4 rings (SSSR count). The molecule has 2 aromatic heterocycles. The van der Waals surface area contributed by atoms with Gasteiger partial charge in [-0.2, -0.15) is 0 Å². The van der Waals surface area contributed by atoms with Crippen LogP contribution in [0.5, 0.6) is 0 Å². The van der Waals surface area contributed by atoms with Crippen LogP contribution in [0.15, 0.2) is 71.3 Å². The second kappa shape index (κ2) is 6.69. The average molecular weight is 349 g/mol. The molecule has 1 aliphatic rings. The van der Waals surface area contributed by atoms with E-state index in [0.29, 0.717) is 0 Å². The fourth-order valence-corrected chi connectivity index (χ4v) is 3.69. The van der Waals surface area contributed by atoms with Gasteiger partial charge in [0.1, 0.15) is 17.6 Å². The Morgan fingerprint density at radius 2 is 1.88 bits per heavy atom. The summed E-state index contributed by atoms with van der Waals surface area (Å²) in [4.78, 5) is 6.67. The van der Waals surface area contributed by atoms with E-state index in [4.69, 9.17) is 16.6 Å². The molecule has 1 fully saturated rings. The van der Waals surface area contributed by atoms with Gasteiger partial charge in [0.05, 0.1) is 11.7 Å². The van der Waals surface area contributed by atoms with Gasteiger partial charge in [-0.05, 0) is 43.4 Å². The van der Waals surface area contributed by atoms with E-state index in [9.17, 15) is 0 Å². The van der Waals surface area contributed by atoms with Gasteiger partial charge in [-0.15, -0.1) is 0 Å². The van der Waals surface area contributed by atoms with Crippen molar-refractivity contribution in [2.45, 2.75) is 19.0 Å². The fraction of sp³-hybridized carbons (Fsp3) is 0.200. The first-order valence-electron chi connectivity index (χ1n) is 8.41. The number of hydrogen-bond donors (Lipinski definition) is 1. The summed E-state index contributed by atoms with van der Waals surface area (Å²) in [5, 5.41) is 4.14. The van der Waals surface area contributed by atoms with E-state index in [1.807, 2.05) is 66.9 Å². The summed E-state index contributed by atoms with van der Waals surface area (Å²) in [6.45, 7) is 2.91. The van der Waals surface area contributed by atoms with Crippen LogP contribution >= 0.6 is 12.2 Å². The van der Waals surface area contributed by atoms with Crippen LogP contribution in [0.25, 0.3) is 11.3 Å². The Kier molecular flexibility index (Phi) is 4.24. The normalized spacial score (nSPS) is 19.9. The van der Waals surface area contributed by atoms with Crippen molar-refractivity contribution in [3.8, 4) is 11.3 Å². The van der Waals surface area contributed by atoms with Gasteiger partial charge in [-0.1, -0.05) is 36.4 Å². The number of nitrogens with one attached hydrogen (secondary N) is 1. The number of nitrogens with zero attached hydrogens (tertiary/aromatic N) is 2. The highest BCUT2D eigenvalue weighted by atomic mass is 32.1. The molecular formula is C20H19N3OS. The van der Waals surface area contributed by atoms with E-state index in [2.05, 4.69) is 22.1 Å². The molecule has 0 aliphatic carbocycles. The van der Waals surface area contributed by atoms with Crippen molar-refractivity contribution >= 4 is 17.3 Å². The summed E-state index contributed by atoms with van der Waals surface area (Å²) < 4.78 is 6.22. The van der Waals surface area contributed by atoms with Gasteiger partial charge in [-0.3, -0.25) is 4.98 Å². The summed E-state index contributed by atoms with van der Waals surface area (Å²) in [7, 11) is 0. The zero-order valence-corrected chi connectivity index (χ0v) is 14.7. The number of rotatable bonds is 4. The number of furan rings is 1. The van der Waals surface area contributed by atoms with Crippen molar-refractivity contribution in [3.63, 3.8) is 0 Å². The molecule has 2 unspecified atom stereocenters. The molecule has 1 N–H and O–H groups in total. The molecule has 3 aromatic rings. The van der Waals surface area contributed by atoms with Crippen molar-refractivity contribution in [2.24, 2.45) is 0 Å². The summed E-state index contributed by atoms with van der Waals surface area (Å²) in [6, 6.07) is 20.1. The molecule has 0 saturated carbocycles. The number of likely N-dealkylation sites (N-methyl/N-ethyl adjacent to an activating group) is 1. The molecule has 1 aliphatic heterocycles. The third kappa shape index (κ3) is 2.91. The monoisotopic (exact) mass is 349 g/mol. The Bertz CT molecular complexity index is 863. The first-order valence-corrected chi connectivity index (χ1v) is 8.82. The zero-order chi connectivity index (χ0) is 17.2. The Hall–Kier alpha value is -2.66. The van der Waals surface area contributed by atoms with E-state index >= 15 is 0 Å². The van der Waals surface area contributed by atoms with E-state index in [-0.39, 0.29) is 12.1 Å². The smallest absolute Gasteiger partial charge is 0.170 e. The topological polar surface area (TPSA) is 41.3 Å². The molecular weight excluding hydrogens is 330 g/mol. The molecule has 3 heterocycles. The first-order chi connectivity index (χ1) is 12.3. The van der Waals surface area contributed by atoms with Crippen LogP contribution in [0.4, 0.5) is 0 Å². The summed E-state index contributed by atoms with van der Waals surface area (Å²) in [6.07, 6.45) is 1.81. The highest BCUT2D eigenvalue weighted by molar-refractivity contribution is 7.80. The standard InChI is InChI=1S/C20H19N3OS/c1-2-23-19(18(22-20(23)25)15-10-6-7-13-21-15)17-12-11-16(24-17)14-8-4-3-5-9-14/h3-13,18-19H,2H2,1H3,(H,22,25). The quantitative estimate of drug-likeness (QED) is 0.710. The molecule has 126 valence electrons. The Morgan fingerprint density at radius 3 is 2.60 bits per heavy atom. The van der Waals surface area contributed by atoms with Crippen molar-refractivity contribution in [2.75, 3.05) is 6.54 Å². The minimum atomic E-state index is -0.0246. The molecule has 1 saturated heterocycles. The number of aromatic nitrogens is 1. The molecule has 0 amide bonds. The van der Waals surface area contributed by atoms with Gasteiger partial charge >= 0.3 is 0 Å². The van der Waals surface area contributed by atoms with Gasteiger partial charge in [0.2, 0.25) is 0 Å². The predicted molar refractivity (Wildman–Crippen MR) is 102 cm³/mol. The lowest BCUT2D eigenvalue weighted by molar-refractivity contribution is 0.284. The van der Waals surface area contributed by atoms with Crippen LogP contribution in [0.2, 0.25) is 0 Å². The first kappa shape index (κ1) is 15.8. The minimum Gasteiger partial charge on any atom is -0.459 e. The number of benzene rings is 1. The Morgan fingerprint density at radius 1 is 1.08 bits per heavy atom. The minimum absolute atomic E-state index is 0.00939. The van der Waals surface area contributed by atoms with Crippen molar-refractivity contribution in [3.05, 3.63) is 78.3 Å². The molecule has 4 nitrogen and oxygen atoms in total. The van der Waals surface area contributed by atoms with Crippen LogP contribution in [0.3, 0.4) is 0 Å². The lowest BCUT2D eigenvalue weighted by Crippen LogP contribution is -2.29. The van der Waals surface area contributed by atoms with Gasteiger partial charge in [0, 0.05) is 18.3 Å². The average Bonchev–Trinajstić information content (AvgIpc) is 3.27. The lowest BCUT2D eigenvalue weighted by Gasteiger charge is -2.24. The predicted octanol–water partition coefficient (Wildman–Crippen LogP) is 4.33. The van der Waals surface area contributed by atoms with Crippen LogP contribution in [0.1, 0.15) is 30.5 Å². The van der Waals surface area contributed by atoms with E-state index in [1.54, 1.807) is 0 Å². The molecule has 0 spiro atoms. The van der Waals surface area contributed by atoms with E-state index in [1.165, 1.54) is 0 Å². The van der Waals surface area contributed by atoms with Gasteiger partial charge in [-0.25, -0.2) is 0 Å². The van der Waals surface area contributed by atoms with Crippen molar-refractivity contribution in [1.82, 2.24) is 15.2 Å². The number of thiocarbonyl (C=S) groups is 1. The Balaban J connectivity index is 1.73. The maximum atomic E-state index is 6.22. The highest BCUT2D eigenvalue weighted by Gasteiger charge is 2.40. The largest absolute Gasteiger partial charge is 0.459 e. The van der Waals surface area contributed by atoms with Gasteiger partial charge in [0.25, 0.3) is 0 Å². The van der Waals surface area contributed by atoms with Crippen molar-refractivity contribution in [1.29, 1.82) is 0 Å². The molecule has 0 bridgehead atoms. The molecule has 25 heavy (non-hydrogen) atoms. The molecule has 0 radical (unpaired) electrons. The van der Waals surface area contributed by atoms with Crippen molar-refractivity contribution < 1.29 is 4.42 Å². The molecule has 5 heteroatoms. The third-order valence-electron chi connectivity index (χ3n) is 4.52. The number of pyridine rings is 1. The molecule has 1 aromatic carbocycles. The van der Waals surface area contributed by atoms with Crippen LogP contribution < -0.4 is 5.32 Å². The SMILES string of the molecule is CCN1C(=S)NC(c2ccccn2)C1c1ccc(-c2ccccc2)o1. The summed E-state index contributed by atoms with van der Waals surface area (Å²) in [5.41, 5.74) is 2.03. The van der Waals surface area contributed by atoms with E-state index < -0.39 is 0 Å². The highest BCUT2D eigenvalue weighted by Crippen LogP contribution is 2.40. The van der Waals surface area contributed by atoms with Crippen LogP contribution in [-0.4, -0.2) is 21.5 Å². The third-order valence-corrected chi connectivity index (χ3v) is 4.87. The summed E-state index contributed by atoms with van der Waals surface area (Å²) >= 11 is 5.54. The molecule has 2 atom stereocenters. The lowest BCUT2D eigenvalue weighted by atomic mass is 10.0. The van der Waals surface area contributed by atoms with Crippen LogP contribution in [0, 0.1) is 0 Å². The Labute approximate surface area is 152 Å².